The summed E-state index contributed by atoms with van der Waals surface area (Å²) in [5.41, 5.74) is -0.243. The molecule has 0 saturated heterocycles. The summed E-state index contributed by atoms with van der Waals surface area (Å²) in [6, 6.07) is -0.301. The molecule has 2 N–H and O–H groups in total. The maximum absolute atomic E-state index is 11.7. The van der Waals surface area contributed by atoms with Gasteiger partial charge in [-0.25, -0.2) is 4.79 Å². The van der Waals surface area contributed by atoms with Gasteiger partial charge in [-0.2, -0.15) is 0 Å². The van der Waals surface area contributed by atoms with Crippen molar-refractivity contribution < 1.29 is 19.1 Å². The molecule has 0 bridgehead atoms. The number of esters is 1. The second-order valence-electron chi connectivity index (χ2n) is 5.27. The quantitative estimate of drug-likeness (QED) is 0.497. The Morgan fingerprint density at radius 1 is 1.26 bits per heavy atom. The zero-order chi connectivity index (χ0) is 14.9. The zero-order valence-corrected chi connectivity index (χ0v) is 12.5. The third-order valence-corrected chi connectivity index (χ3v) is 2.11. The molecule has 1 amide bonds. The number of hydrogen-bond acceptors (Lipinski definition) is 5. The average Bonchev–Trinajstić information content (AvgIpc) is 2.26. The molecule has 0 aromatic carbocycles. The molecule has 6 nitrogen and oxygen atoms in total. The van der Waals surface area contributed by atoms with Crippen LogP contribution in [0.4, 0.5) is 0 Å². The Bertz CT molecular complexity index is 287. The Morgan fingerprint density at radius 3 is 2.42 bits per heavy atom. The SMILES string of the molecule is CCOC(=O)COCCNC(C)C(=O)NC(C)(C)C. The van der Waals surface area contributed by atoms with Gasteiger partial charge < -0.3 is 20.1 Å². The fraction of sp³-hybridized carbons (Fsp3) is 0.846. The molecule has 1 atom stereocenters. The fourth-order valence-electron chi connectivity index (χ4n) is 1.28. The van der Waals surface area contributed by atoms with Crippen LogP contribution < -0.4 is 10.6 Å². The Balaban J connectivity index is 3.66. The molecule has 0 aliphatic rings. The van der Waals surface area contributed by atoms with Crippen molar-refractivity contribution in [1.29, 1.82) is 0 Å². The summed E-state index contributed by atoms with van der Waals surface area (Å²) >= 11 is 0. The maximum atomic E-state index is 11.7. The largest absolute Gasteiger partial charge is 0.464 e. The van der Waals surface area contributed by atoms with Gasteiger partial charge in [-0.05, 0) is 34.6 Å². The summed E-state index contributed by atoms with van der Waals surface area (Å²) in [7, 11) is 0. The van der Waals surface area contributed by atoms with Crippen molar-refractivity contribution in [1.82, 2.24) is 10.6 Å². The van der Waals surface area contributed by atoms with Crippen molar-refractivity contribution in [2.24, 2.45) is 0 Å². The van der Waals surface area contributed by atoms with Crippen molar-refractivity contribution in [3.8, 4) is 0 Å². The third-order valence-electron chi connectivity index (χ3n) is 2.11. The van der Waals surface area contributed by atoms with Gasteiger partial charge >= 0.3 is 5.97 Å². The summed E-state index contributed by atoms with van der Waals surface area (Å²) in [6.45, 7) is 10.5. The lowest BCUT2D eigenvalue weighted by Crippen LogP contribution is -2.50. The van der Waals surface area contributed by atoms with Gasteiger partial charge in [0.25, 0.3) is 0 Å². The van der Waals surface area contributed by atoms with Crippen molar-refractivity contribution >= 4 is 11.9 Å². The van der Waals surface area contributed by atoms with Crippen LogP contribution in [0.25, 0.3) is 0 Å². The maximum Gasteiger partial charge on any atom is 0.332 e. The summed E-state index contributed by atoms with van der Waals surface area (Å²) in [6.07, 6.45) is 0. The van der Waals surface area contributed by atoms with Crippen molar-refractivity contribution in [2.75, 3.05) is 26.4 Å². The van der Waals surface area contributed by atoms with E-state index in [0.29, 0.717) is 19.8 Å². The molecular formula is C13H26N2O4. The molecule has 0 fully saturated rings. The van der Waals surface area contributed by atoms with Crippen LogP contribution in [-0.2, 0) is 19.1 Å². The van der Waals surface area contributed by atoms with Gasteiger partial charge in [0, 0.05) is 12.1 Å². The van der Waals surface area contributed by atoms with Crippen LogP contribution in [0.3, 0.4) is 0 Å². The fourth-order valence-corrected chi connectivity index (χ4v) is 1.28. The minimum absolute atomic E-state index is 0.0575. The number of amides is 1. The summed E-state index contributed by atoms with van der Waals surface area (Å²) < 4.78 is 9.82. The molecule has 0 heterocycles. The molecule has 1 unspecified atom stereocenters. The molecule has 0 radical (unpaired) electrons. The molecule has 0 rings (SSSR count). The number of rotatable bonds is 8. The monoisotopic (exact) mass is 274 g/mol. The molecule has 6 heteroatoms. The highest BCUT2D eigenvalue weighted by Gasteiger charge is 2.18. The number of carbonyl (C=O) groups is 2. The van der Waals surface area contributed by atoms with Crippen LogP contribution >= 0.6 is 0 Å². The van der Waals surface area contributed by atoms with Crippen LogP contribution in [0.5, 0.6) is 0 Å². The second-order valence-corrected chi connectivity index (χ2v) is 5.27. The van der Waals surface area contributed by atoms with Crippen LogP contribution in [0.2, 0.25) is 0 Å². The molecule has 0 aromatic heterocycles. The van der Waals surface area contributed by atoms with Crippen molar-refractivity contribution in [3.63, 3.8) is 0 Å². The first-order valence-electron chi connectivity index (χ1n) is 6.55. The van der Waals surface area contributed by atoms with E-state index in [4.69, 9.17) is 9.47 Å². The number of carbonyl (C=O) groups excluding carboxylic acids is 2. The summed E-state index contributed by atoms with van der Waals surface area (Å²) in [5.74, 6) is -0.432. The first-order valence-corrected chi connectivity index (χ1v) is 6.55. The lowest BCUT2D eigenvalue weighted by molar-refractivity contribution is -0.148. The normalized spacial score (nSPS) is 12.9. The lowest BCUT2D eigenvalue weighted by Gasteiger charge is -2.23. The number of ether oxygens (including phenoxy) is 2. The van der Waals surface area contributed by atoms with Crippen LogP contribution in [0.1, 0.15) is 34.6 Å². The molecule has 19 heavy (non-hydrogen) atoms. The highest BCUT2D eigenvalue weighted by atomic mass is 16.6. The van der Waals surface area contributed by atoms with Gasteiger partial charge in [0.1, 0.15) is 6.61 Å². The van der Waals surface area contributed by atoms with E-state index in [2.05, 4.69) is 10.6 Å². The van der Waals surface area contributed by atoms with Crippen molar-refractivity contribution in [3.05, 3.63) is 0 Å². The molecule has 0 aliphatic heterocycles. The Labute approximate surface area is 115 Å². The number of hydrogen-bond donors (Lipinski definition) is 2. The van der Waals surface area contributed by atoms with E-state index in [1.807, 2.05) is 20.8 Å². The highest BCUT2D eigenvalue weighted by Crippen LogP contribution is 1.99. The van der Waals surface area contributed by atoms with E-state index in [0.717, 1.165) is 0 Å². The Kier molecular flexibility index (Phi) is 8.34. The first-order chi connectivity index (χ1) is 8.76. The van der Waals surface area contributed by atoms with Gasteiger partial charge in [0.05, 0.1) is 19.3 Å². The van der Waals surface area contributed by atoms with E-state index in [9.17, 15) is 9.59 Å². The topological polar surface area (TPSA) is 76.7 Å². The predicted octanol–water partition coefficient (Wildman–Crippen LogP) is 0.459. The molecule has 0 aromatic rings. The van der Waals surface area contributed by atoms with Crippen LogP contribution in [0.15, 0.2) is 0 Å². The molecule has 0 aliphatic carbocycles. The summed E-state index contributed by atoms with van der Waals surface area (Å²) in [4.78, 5) is 22.7. The zero-order valence-electron chi connectivity index (χ0n) is 12.5. The Morgan fingerprint density at radius 2 is 1.89 bits per heavy atom. The highest BCUT2D eigenvalue weighted by molar-refractivity contribution is 5.81. The summed E-state index contributed by atoms with van der Waals surface area (Å²) in [5, 5.41) is 5.90. The predicted molar refractivity (Wildman–Crippen MR) is 72.8 cm³/mol. The van der Waals surface area contributed by atoms with E-state index in [1.165, 1.54) is 0 Å². The third kappa shape index (κ3) is 10.5. The van der Waals surface area contributed by atoms with Gasteiger partial charge in [-0.15, -0.1) is 0 Å². The van der Waals surface area contributed by atoms with E-state index < -0.39 is 0 Å². The second kappa shape index (κ2) is 8.87. The van der Waals surface area contributed by atoms with Crippen molar-refractivity contribution in [2.45, 2.75) is 46.2 Å². The van der Waals surface area contributed by atoms with E-state index in [-0.39, 0.29) is 30.1 Å². The van der Waals surface area contributed by atoms with Gasteiger partial charge in [0.2, 0.25) is 5.91 Å². The van der Waals surface area contributed by atoms with E-state index >= 15 is 0 Å². The smallest absolute Gasteiger partial charge is 0.332 e. The molecule has 0 saturated carbocycles. The Hall–Kier alpha value is -1.14. The molecular weight excluding hydrogens is 248 g/mol. The lowest BCUT2D eigenvalue weighted by atomic mass is 10.1. The van der Waals surface area contributed by atoms with Crippen LogP contribution in [-0.4, -0.2) is 49.8 Å². The minimum Gasteiger partial charge on any atom is -0.464 e. The average molecular weight is 274 g/mol. The van der Waals surface area contributed by atoms with Crippen LogP contribution in [0, 0.1) is 0 Å². The molecule has 112 valence electrons. The minimum atomic E-state index is -0.374. The molecule has 0 spiro atoms. The van der Waals surface area contributed by atoms with Gasteiger partial charge in [-0.1, -0.05) is 0 Å². The van der Waals surface area contributed by atoms with Gasteiger partial charge in [-0.3, -0.25) is 4.79 Å². The standard InChI is InChI=1S/C13H26N2O4/c1-6-19-11(16)9-18-8-7-14-10(2)12(17)15-13(3,4)5/h10,14H,6-9H2,1-5H3,(H,15,17). The first kappa shape index (κ1) is 17.9. The number of nitrogens with one attached hydrogen (secondary N) is 2. The van der Waals surface area contributed by atoms with Gasteiger partial charge in [0.15, 0.2) is 0 Å². The van der Waals surface area contributed by atoms with E-state index in [1.54, 1.807) is 13.8 Å².